The van der Waals surface area contributed by atoms with Crippen LogP contribution >= 0.6 is 8.58 Å². The first kappa shape index (κ1) is 21.3. The van der Waals surface area contributed by atoms with Crippen molar-refractivity contribution in [2.24, 2.45) is 4.99 Å². The highest BCUT2D eigenvalue weighted by molar-refractivity contribution is 7.48. The van der Waals surface area contributed by atoms with Crippen molar-refractivity contribution in [3.05, 3.63) is 89.5 Å². The van der Waals surface area contributed by atoms with Gasteiger partial charge in [-0.2, -0.15) is 0 Å². The molecule has 0 saturated carbocycles. The number of rotatable bonds is 8. The van der Waals surface area contributed by atoms with Crippen LogP contribution in [-0.4, -0.2) is 11.3 Å². The normalized spacial score (nSPS) is 13.9. The molecule has 0 aliphatic heterocycles. The van der Waals surface area contributed by atoms with Gasteiger partial charge in [0.05, 0.1) is 5.69 Å². The molecule has 0 fully saturated rings. The van der Waals surface area contributed by atoms with E-state index in [9.17, 15) is 5.11 Å². The molecule has 0 radical (unpaired) electrons. The van der Waals surface area contributed by atoms with Crippen molar-refractivity contribution in [1.29, 1.82) is 0 Å². The molecule has 3 rings (SSSR count). The fraction of sp³-hybridized carbons (Fsp3) is 0.269. The van der Waals surface area contributed by atoms with E-state index < -0.39 is 0 Å². The first-order valence-electron chi connectivity index (χ1n) is 10.3. The largest absolute Gasteiger partial charge is 0.508 e. The molecule has 2 nitrogen and oxygen atoms in total. The molecule has 0 aromatic heterocycles. The Bertz CT molecular complexity index is 967. The Morgan fingerprint density at radius 3 is 2.41 bits per heavy atom. The van der Waals surface area contributed by atoms with E-state index in [0.717, 1.165) is 36.1 Å². The number of aliphatic imine (C=N–C) groups is 1. The van der Waals surface area contributed by atoms with Crippen LogP contribution in [0.2, 0.25) is 0 Å². The molecule has 29 heavy (non-hydrogen) atoms. The van der Waals surface area contributed by atoms with Crippen LogP contribution in [-0.2, 0) is 5.16 Å². The Balaban J connectivity index is 2.01. The molecule has 0 aliphatic rings. The van der Waals surface area contributed by atoms with Gasteiger partial charge in [-0.05, 0) is 43.3 Å². The van der Waals surface area contributed by atoms with E-state index in [-0.39, 0.29) is 5.16 Å². The molecule has 150 valence electrons. The average Bonchev–Trinajstić information content (AvgIpc) is 2.75. The molecule has 0 aliphatic carbocycles. The Kier molecular flexibility index (Phi) is 7.23. The lowest BCUT2D eigenvalue weighted by Gasteiger charge is -2.35. The Labute approximate surface area is 176 Å². The maximum absolute atomic E-state index is 10.7. The number of phenolic OH excluding ortho intramolecular Hbond substituents is 1. The van der Waals surface area contributed by atoms with Gasteiger partial charge in [0.25, 0.3) is 0 Å². The van der Waals surface area contributed by atoms with E-state index >= 15 is 0 Å². The highest BCUT2D eigenvalue weighted by Crippen LogP contribution is 2.51. The van der Waals surface area contributed by atoms with Gasteiger partial charge >= 0.3 is 0 Å². The van der Waals surface area contributed by atoms with Crippen molar-refractivity contribution in [1.82, 2.24) is 0 Å². The van der Waals surface area contributed by atoms with Gasteiger partial charge in [0, 0.05) is 22.5 Å². The Morgan fingerprint density at radius 2 is 1.69 bits per heavy atom. The van der Waals surface area contributed by atoms with Crippen molar-refractivity contribution in [3.8, 4) is 5.75 Å². The van der Waals surface area contributed by atoms with Crippen LogP contribution in [0.4, 0.5) is 5.69 Å². The highest BCUT2D eigenvalue weighted by atomic mass is 31.1. The summed E-state index contributed by atoms with van der Waals surface area (Å²) in [7, 11) is 0.558. The summed E-state index contributed by atoms with van der Waals surface area (Å²) in [4.78, 5) is 4.67. The van der Waals surface area contributed by atoms with E-state index in [0.29, 0.717) is 14.3 Å². The second-order valence-corrected chi connectivity index (χ2v) is 9.26. The molecule has 3 aromatic carbocycles. The van der Waals surface area contributed by atoms with Gasteiger partial charge in [0.2, 0.25) is 0 Å². The van der Waals surface area contributed by atoms with Crippen LogP contribution in [0.3, 0.4) is 0 Å². The molecule has 0 spiro atoms. The number of hydrogen-bond donors (Lipinski definition) is 1. The number of hydrogen-bond acceptors (Lipinski definition) is 2. The first-order valence-corrected chi connectivity index (χ1v) is 11.3. The number of nitrogens with zero attached hydrogens (tertiary/aromatic N) is 1. The van der Waals surface area contributed by atoms with E-state index in [4.69, 9.17) is 0 Å². The maximum atomic E-state index is 10.7. The standard InChI is InChI=1S/C26H30NOP/c1-4-17-26(5-2,23-18-20(3)15-16-24(23)28)29-25-14-10-9-11-21(25)19-27-22-12-7-6-8-13-22/h6-16,18-19,28-29H,4-5,17H2,1-3H3/b27-19+. The average molecular weight is 404 g/mol. The molecule has 2 unspecified atom stereocenters. The van der Waals surface area contributed by atoms with E-state index in [1.807, 2.05) is 48.7 Å². The van der Waals surface area contributed by atoms with Crippen LogP contribution in [0.15, 0.2) is 77.8 Å². The monoisotopic (exact) mass is 403 g/mol. The first-order chi connectivity index (χ1) is 14.1. The Morgan fingerprint density at radius 1 is 0.966 bits per heavy atom. The Hall–Kier alpha value is -2.44. The van der Waals surface area contributed by atoms with Gasteiger partial charge in [-0.15, -0.1) is 0 Å². The zero-order chi connectivity index (χ0) is 20.7. The van der Waals surface area contributed by atoms with E-state index in [1.54, 1.807) is 0 Å². The molecule has 0 amide bonds. The lowest BCUT2D eigenvalue weighted by Crippen LogP contribution is -2.24. The summed E-state index contributed by atoms with van der Waals surface area (Å²) in [6.45, 7) is 6.56. The quantitative estimate of drug-likeness (QED) is 0.323. The third-order valence-electron chi connectivity index (χ3n) is 5.39. The maximum Gasteiger partial charge on any atom is 0.119 e. The summed E-state index contributed by atoms with van der Waals surface area (Å²) < 4.78 is 0. The van der Waals surface area contributed by atoms with Gasteiger partial charge in [-0.1, -0.05) is 89.0 Å². The van der Waals surface area contributed by atoms with Crippen molar-refractivity contribution < 1.29 is 5.11 Å². The van der Waals surface area contributed by atoms with Gasteiger partial charge in [-0.25, -0.2) is 0 Å². The zero-order valence-corrected chi connectivity index (χ0v) is 18.5. The number of benzene rings is 3. The SMILES string of the molecule is CCCC(CC)(Pc1ccccc1/C=N/c1ccccc1)c1cc(C)ccc1O. The predicted molar refractivity (Wildman–Crippen MR) is 128 cm³/mol. The van der Waals surface area contributed by atoms with Crippen LogP contribution < -0.4 is 5.30 Å². The molecular formula is C26H30NOP. The van der Waals surface area contributed by atoms with Crippen LogP contribution in [0.5, 0.6) is 5.75 Å². The van der Waals surface area contributed by atoms with Gasteiger partial charge < -0.3 is 5.11 Å². The molecule has 0 saturated heterocycles. The van der Waals surface area contributed by atoms with Crippen LogP contribution in [0.25, 0.3) is 0 Å². The summed E-state index contributed by atoms with van der Waals surface area (Å²) >= 11 is 0. The third-order valence-corrected chi connectivity index (χ3v) is 7.47. The fourth-order valence-corrected chi connectivity index (χ4v) is 5.69. The minimum Gasteiger partial charge on any atom is -0.508 e. The van der Waals surface area contributed by atoms with E-state index in [1.165, 1.54) is 10.9 Å². The molecule has 0 heterocycles. The van der Waals surface area contributed by atoms with Gasteiger partial charge in [-0.3, -0.25) is 4.99 Å². The lowest BCUT2D eigenvalue weighted by molar-refractivity contribution is 0.442. The van der Waals surface area contributed by atoms with Crippen molar-refractivity contribution in [2.75, 3.05) is 0 Å². The van der Waals surface area contributed by atoms with Crippen molar-refractivity contribution in [2.45, 2.75) is 45.2 Å². The molecule has 3 aromatic rings. The zero-order valence-electron chi connectivity index (χ0n) is 17.5. The molecule has 0 bridgehead atoms. The minimum absolute atomic E-state index is 0.0679. The minimum atomic E-state index is -0.0679. The molecule has 1 N–H and O–H groups in total. The molecular weight excluding hydrogens is 373 g/mol. The second kappa shape index (κ2) is 9.85. The molecule has 2 atom stereocenters. The number of phenols is 1. The summed E-state index contributed by atoms with van der Waals surface area (Å²) in [6, 6.07) is 24.5. The smallest absolute Gasteiger partial charge is 0.119 e. The summed E-state index contributed by atoms with van der Waals surface area (Å²) in [5.74, 6) is 0.411. The number of aromatic hydroxyl groups is 1. The van der Waals surface area contributed by atoms with Crippen molar-refractivity contribution >= 4 is 25.8 Å². The third kappa shape index (κ3) is 5.14. The predicted octanol–water partition coefficient (Wildman–Crippen LogP) is 6.86. The number of para-hydroxylation sites is 1. The highest BCUT2D eigenvalue weighted by Gasteiger charge is 2.33. The van der Waals surface area contributed by atoms with Gasteiger partial charge in [0.1, 0.15) is 5.75 Å². The van der Waals surface area contributed by atoms with E-state index in [2.05, 4.69) is 56.1 Å². The summed E-state index contributed by atoms with van der Waals surface area (Å²) in [5.41, 5.74) is 4.37. The molecule has 3 heteroatoms. The van der Waals surface area contributed by atoms with Gasteiger partial charge in [0.15, 0.2) is 0 Å². The van der Waals surface area contributed by atoms with Crippen LogP contribution in [0.1, 0.15) is 49.8 Å². The topological polar surface area (TPSA) is 32.6 Å². The second-order valence-electron chi connectivity index (χ2n) is 7.51. The lowest BCUT2D eigenvalue weighted by atomic mass is 9.89. The van der Waals surface area contributed by atoms with Crippen molar-refractivity contribution in [3.63, 3.8) is 0 Å². The van der Waals surface area contributed by atoms with Crippen LogP contribution in [0, 0.1) is 6.92 Å². The number of aryl methyl sites for hydroxylation is 1. The summed E-state index contributed by atoms with van der Waals surface area (Å²) in [5, 5.41) is 11.9. The fourth-order valence-electron chi connectivity index (χ4n) is 3.82. The summed E-state index contributed by atoms with van der Waals surface area (Å²) in [6.07, 6.45) is 5.08.